The summed E-state index contributed by atoms with van der Waals surface area (Å²) < 4.78 is 23.2. The Morgan fingerprint density at radius 2 is 1.45 bits per heavy atom. The van der Waals surface area contributed by atoms with Gasteiger partial charge in [-0.1, -0.05) is 52.0 Å². The summed E-state index contributed by atoms with van der Waals surface area (Å²) in [7, 11) is 2.58. The van der Waals surface area contributed by atoms with Gasteiger partial charge in [0.15, 0.2) is 0 Å². The van der Waals surface area contributed by atoms with Gasteiger partial charge in [0.1, 0.15) is 47.4 Å². The van der Waals surface area contributed by atoms with Crippen LogP contribution in [0.2, 0.25) is 0 Å². The Bertz CT molecular complexity index is 2000. The van der Waals surface area contributed by atoms with Gasteiger partial charge >= 0.3 is 12.2 Å². The van der Waals surface area contributed by atoms with Crippen LogP contribution in [0.3, 0.4) is 0 Å². The number of carbonyl (C=O) groups excluding carboxylic acids is 4. The number of allylic oxidation sites excluding steroid dienone is 2. The second-order valence-corrected chi connectivity index (χ2v) is 17.2. The molecule has 16 nitrogen and oxygen atoms in total. The zero-order chi connectivity index (χ0) is 40.9. The second kappa shape index (κ2) is 15.6. The van der Waals surface area contributed by atoms with E-state index in [1.807, 2.05) is 43.7 Å². The van der Waals surface area contributed by atoms with Crippen molar-refractivity contribution in [3.05, 3.63) is 65.8 Å². The maximum absolute atomic E-state index is 13.8. The SMILES string of the molecule is COC(=O)NC(C(=O)N1CCCC1c1ncc(C2=CCC34CC=CC5OC(c6cnc(C7CCCN7C(=O)C(NC(=O)OC)C(C)C)[nH]6)C53C=CCC4O2)[nH]1)C(C)C. The molecular formula is C42H56N8O8. The quantitative estimate of drug-likeness (QED) is 0.227. The number of nitrogens with one attached hydrogen (secondary N) is 4. The molecule has 6 heterocycles. The number of amides is 4. The van der Waals surface area contributed by atoms with Gasteiger partial charge in [0.25, 0.3) is 0 Å². The monoisotopic (exact) mass is 800 g/mol. The maximum Gasteiger partial charge on any atom is 0.407 e. The Labute approximate surface area is 338 Å². The van der Waals surface area contributed by atoms with Crippen LogP contribution in [0.5, 0.6) is 0 Å². The van der Waals surface area contributed by atoms with Crippen molar-refractivity contribution in [2.75, 3.05) is 27.3 Å². The van der Waals surface area contributed by atoms with Crippen LogP contribution in [0.1, 0.15) is 114 Å². The Balaban J connectivity index is 1.01. The fourth-order valence-corrected chi connectivity index (χ4v) is 10.4. The van der Waals surface area contributed by atoms with Crippen LogP contribution in [-0.2, 0) is 28.5 Å². The van der Waals surface area contributed by atoms with Crippen molar-refractivity contribution in [1.29, 1.82) is 0 Å². The van der Waals surface area contributed by atoms with Crippen LogP contribution in [0.15, 0.2) is 42.8 Å². The molecule has 9 unspecified atom stereocenters. The molecular weight excluding hydrogens is 745 g/mol. The number of aromatic nitrogens is 4. The Morgan fingerprint density at radius 3 is 2.05 bits per heavy atom. The summed E-state index contributed by atoms with van der Waals surface area (Å²) in [6.45, 7) is 8.76. The summed E-state index contributed by atoms with van der Waals surface area (Å²) in [6.07, 6.45) is 18.4. The summed E-state index contributed by atoms with van der Waals surface area (Å²) >= 11 is 0. The van der Waals surface area contributed by atoms with Crippen LogP contribution in [0.4, 0.5) is 9.59 Å². The molecule has 3 fully saturated rings. The number of rotatable bonds is 10. The fraction of sp³-hybridized carbons (Fsp3) is 0.619. The standard InChI is InChI=1S/C42H56N8O8/c1-23(2)32(47-39(53)55-5)37(51)49-19-9-11-27(49)35-43-21-25(45-35)29-15-18-41-16-7-14-31-42(41,17-8-13-30(41)57-29)34(58-31)26-22-44-36(46-26)28-12-10-20-50(28)38(52)33(24(3)4)48-40(54)56-6/h7-8,14-15,17,21-24,27-28,30-34H,9-13,16,18-20H2,1-6H3,(H,43,45)(H,44,46)(H,47,53)(H,48,54). The molecule has 2 aromatic rings. The summed E-state index contributed by atoms with van der Waals surface area (Å²) in [5.74, 6) is 1.58. The van der Waals surface area contributed by atoms with Gasteiger partial charge in [-0.3, -0.25) is 9.59 Å². The third kappa shape index (κ3) is 6.47. The number of ether oxygens (including phenoxy) is 4. The molecule has 9 atom stereocenters. The van der Waals surface area contributed by atoms with Crippen molar-refractivity contribution in [2.45, 2.75) is 115 Å². The molecule has 2 aromatic heterocycles. The number of methoxy groups -OCH3 is 2. The number of carbonyl (C=O) groups is 4. The van der Waals surface area contributed by atoms with Crippen molar-refractivity contribution in [1.82, 2.24) is 40.4 Å². The van der Waals surface area contributed by atoms with Gasteiger partial charge < -0.3 is 49.3 Å². The highest BCUT2D eigenvalue weighted by molar-refractivity contribution is 5.87. The van der Waals surface area contributed by atoms with E-state index in [0.29, 0.717) is 24.7 Å². The lowest BCUT2D eigenvalue weighted by Gasteiger charge is -2.67. The van der Waals surface area contributed by atoms with Crippen molar-refractivity contribution in [3.63, 3.8) is 0 Å². The maximum atomic E-state index is 13.8. The minimum atomic E-state index is -0.714. The molecule has 58 heavy (non-hydrogen) atoms. The molecule has 6 aliphatic rings. The van der Waals surface area contributed by atoms with E-state index in [1.54, 1.807) is 6.20 Å². The molecule has 4 N–H and O–H groups in total. The molecule has 4 aliphatic heterocycles. The first-order valence-corrected chi connectivity index (χ1v) is 20.7. The molecule has 3 saturated heterocycles. The molecule has 8 rings (SSSR count). The number of alkyl carbamates (subject to hydrolysis) is 2. The second-order valence-electron chi connectivity index (χ2n) is 17.2. The predicted molar refractivity (Wildman–Crippen MR) is 210 cm³/mol. The number of aromatic amines is 2. The first-order valence-electron chi connectivity index (χ1n) is 20.7. The lowest BCUT2D eigenvalue weighted by Crippen LogP contribution is -2.68. The number of likely N-dealkylation sites (tertiary alicyclic amines) is 2. The molecule has 4 amide bonds. The number of hydrogen-bond donors (Lipinski definition) is 4. The molecule has 16 heteroatoms. The van der Waals surface area contributed by atoms with Crippen LogP contribution in [0.25, 0.3) is 5.76 Å². The summed E-state index contributed by atoms with van der Waals surface area (Å²) in [5.41, 5.74) is 0.960. The van der Waals surface area contributed by atoms with Gasteiger partial charge in [0.05, 0.1) is 55.9 Å². The molecule has 0 saturated carbocycles. The summed E-state index contributed by atoms with van der Waals surface area (Å²) in [5, 5.41) is 5.43. The van der Waals surface area contributed by atoms with Gasteiger partial charge in [0.2, 0.25) is 11.8 Å². The van der Waals surface area contributed by atoms with Crippen molar-refractivity contribution in [2.24, 2.45) is 22.7 Å². The number of nitrogens with zero attached hydrogens (tertiary/aromatic N) is 4. The van der Waals surface area contributed by atoms with E-state index in [9.17, 15) is 19.2 Å². The van der Waals surface area contributed by atoms with Gasteiger partial charge in [0, 0.05) is 24.9 Å². The third-order valence-electron chi connectivity index (χ3n) is 13.4. The minimum absolute atomic E-state index is 0.125. The van der Waals surface area contributed by atoms with Crippen LogP contribution < -0.4 is 10.6 Å². The molecule has 0 bridgehead atoms. The summed E-state index contributed by atoms with van der Waals surface area (Å²) in [6, 6.07) is -1.93. The Kier molecular flexibility index (Phi) is 10.7. The highest BCUT2D eigenvalue weighted by Crippen LogP contribution is 2.71. The van der Waals surface area contributed by atoms with Crippen molar-refractivity contribution >= 4 is 29.8 Å². The average molecular weight is 801 g/mol. The lowest BCUT2D eigenvalue weighted by molar-refractivity contribution is -0.289. The smallest absolute Gasteiger partial charge is 0.407 e. The highest BCUT2D eigenvalue weighted by atomic mass is 16.5. The Morgan fingerprint density at radius 1 is 0.845 bits per heavy atom. The number of imidazole rings is 2. The predicted octanol–water partition coefficient (Wildman–Crippen LogP) is 5.38. The van der Waals surface area contributed by atoms with Crippen molar-refractivity contribution in [3.8, 4) is 0 Å². The molecule has 312 valence electrons. The van der Waals surface area contributed by atoms with Gasteiger partial charge in [-0.15, -0.1) is 0 Å². The molecule has 0 aromatic carbocycles. The van der Waals surface area contributed by atoms with Crippen LogP contribution >= 0.6 is 0 Å². The zero-order valence-corrected chi connectivity index (χ0v) is 34.2. The highest BCUT2D eigenvalue weighted by Gasteiger charge is 2.71. The average Bonchev–Trinajstić information content (AvgIpc) is 4.05. The lowest BCUT2D eigenvalue weighted by atomic mass is 9.45. The van der Waals surface area contributed by atoms with Gasteiger partial charge in [-0.25, -0.2) is 19.6 Å². The van der Waals surface area contributed by atoms with E-state index >= 15 is 0 Å². The van der Waals surface area contributed by atoms with E-state index in [1.165, 1.54) is 14.2 Å². The molecule has 0 radical (unpaired) electrons. The van der Waals surface area contributed by atoms with E-state index < -0.39 is 24.3 Å². The fourth-order valence-electron chi connectivity index (χ4n) is 10.4. The van der Waals surface area contributed by atoms with E-state index in [4.69, 9.17) is 28.9 Å². The third-order valence-corrected chi connectivity index (χ3v) is 13.4. The minimum Gasteiger partial charge on any atom is -0.488 e. The zero-order valence-electron chi connectivity index (χ0n) is 34.2. The largest absolute Gasteiger partial charge is 0.488 e. The van der Waals surface area contributed by atoms with Gasteiger partial charge in [-0.05, 0) is 56.4 Å². The van der Waals surface area contributed by atoms with Crippen molar-refractivity contribution < 1.29 is 38.1 Å². The normalized spacial score (nSPS) is 30.7. The first kappa shape index (κ1) is 39.7. The summed E-state index contributed by atoms with van der Waals surface area (Å²) in [4.78, 5) is 72.0. The number of hydrogen-bond acceptors (Lipinski definition) is 10. The molecule has 2 aliphatic carbocycles. The van der Waals surface area contributed by atoms with Crippen LogP contribution in [-0.4, -0.2) is 105 Å². The van der Waals surface area contributed by atoms with Gasteiger partial charge in [-0.2, -0.15) is 0 Å². The molecule has 2 spiro atoms. The van der Waals surface area contributed by atoms with E-state index in [2.05, 4.69) is 51.0 Å². The number of H-pyrrole nitrogens is 2. The first-order chi connectivity index (χ1) is 27.9. The van der Waals surface area contributed by atoms with Crippen LogP contribution in [0, 0.1) is 22.7 Å². The topological polar surface area (TPSA) is 193 Å². The Hall–Kier alpha value is -5.12. The van der Waals surface area contributed by atoms with E-state index in [-0.39, 0.29) is 64.9 Å². The van der Waals surface area contributed by atoms with E-state index in [0.717, 1.165) is 62.1 Å².